The maximum atomic E-state index is 13.4. The predicted octanol–water partition coefficient (Wildman–Crippen LogP) is 5.11. The fourth-order valence-electron chi connectivity index (χ4n) is 4.52. The van der Waals surface area contributed by atoms with Gasteiger partial charge in [-0.25, -0.2) is 4.79 Å². The van der Waals surface area contributed by atoms with Gasteiger partial charge in [-0.2, -0.15) is 0 Å². The third kappa shape index (κ3) is 4.29. The summed E-state index contributed by atoms with van der Waals surface area (Å²) in [7, 11) is 1.93. The molecule has 0 saturated heterocycles. The van der Waals surface area contributed by atoms with Crippen molar-refractivity contribution < 1.29 is 14.7 Å². The molecule has 0 spiro atoms. The Morgan fingerprint density at radius 3 is 2.39 bits per heavy atom. The number of fused-ring (bicyclic) bond motifs is 1. The number of hydrogen-bond acceptors (Lipinski definition) is 3. The quantitative estimate of drug-likeness (QED) is 0.518. The highest BCUT2D eigenvalue weighted by atomic mass is 16.4. The molecule has 1 atom stereocenters. The first-order chi connectivity index (χ1) is 15.0. The highest BCUT2D eigenvalue weighted by Crippen LogP contribution is 2.33. The molecule has 0 unspecified atom stereocenters. The highest BCUT2D eigenvalue weighted by molar-refractivity contribution is 6.09. The molecule has 31 heavy (non-hydrogen) atoms. The van der Waals surface area contributed by atoms with Crippen LogP contribution in [0.5, 0.6) is 0 Å². The smallest absolute Gasteiger partial charge is 0.335 e. The van der Waals surface area contributed by atoms with Gasteiger partial charge in [-0.3, -0.25) is 4.79 Å². The summed E-state index contributed by atoms with van der Waals surface area (Å²) in [5.41, 5.74) is 3.63. The van der Waals surface area contributed by atoms with Crippen molar-refractivity contribution in [2.75, 3.05) is 5.32 Å². The summed E-state index contributed by atoms with van der Waals surface area (Å²) in [6.07, 6.45) is 5.95. The van der Waals surface area contributed by atoms with Gasteiger partial charge in [0.1, 0.15) is 5.69 Å². The minimum absolute atomic E-state index is 0.146. The number of hydrogen-bond donors (Lipinski definition) is 3. The van der Waals surface area contributed by atoms with E-state index in [2.05, 4.69) is 16.7 Å². The molecule has 0 bridgehead atoms. The molecular weight excluding hydrogens is 390 g/mol. The summed E-state index contributed by atoms with van der Waals surface area (Å²) < 4.78 is 1.95. The number of anilines is 1. The van der Waals surface area contributed by atoms with E-state index in [1.165, 1.54) is 19.3 Å². The predicted molar refractivity (Wildman–Crippen MR) is 123 cm³/mol. The van der Waals surface area contributed by atoms with Gasteiger partial charge in [0.05, 0.1) is 22.8 Å². The third-order valence-corrected chi connectivity index (χ3v) is 6.28. The van der Waals surface area contributed by atoms with Crippen LogP contribution in [-0.2, 0) is 7.05 Å². The molecule has 1 heterocycles. The van der Waals surface area contributed by atoms with Gasteiger partial charge in [0, 0.05) is 18.5 Å². The van der Waals surface area contributed by atoms with Crippen LogP contribution in [0.1, 0.15) is 71.5 Å². The zero-order valence-electron chi connectivity index (χ0n) is 18.0. The van der Waals surface area contributed by atoms with Crippen LogP contribution >= 0.6 is 0 Å². The molecule has 3 aromatic rings. The van der Waals surface area contributed by atoms with Gasteiger partial charge in [-0.15, -0.1) is 0 Å². The van der Waals surface area contributed by atoms with Gasteiger partial charge in [0.25, 0.3) is 5.91 Å². The van der Waals surface area contributed by atoms with Gasteiger partial charge >= 0.3 is 5.97 Å². The first kappa shape index (κ1) is 21.0. The van der Waals surface area contributed by atoms with Crippen LogP contribution in [0.2, 0.25) is 0 Å². The van der Waals surface area contributed by atoms with Crippen molar-refractivity contribution in [3.05, 3.63) is 65.4 Å². The molecule has 6 heteroatoms. The fourth-order valence-corrected chi connectivity index (χ4v) is 4.52. The normalized spacial score (nSPS) is 15.5. The SMILES string of the molecule is C[C@H](NC(=O)c1c(NC2CCCCC2)c2ccccc2n1C)c1ccc(C(=O)O)cc1. The number of carbonyl (C=O) groups excluding carboxylic acids is 1. The number of nitrogens with zero attached hydrogens (tertiary/aromatic N) is 1. The number of carboxylic acid groups (broad SMARTS) is 1. The number of amides is 1. The number of aromatic nitrogens is 1. The van der Waals surface area contributed by atoms with Crippen molar-refractivity contribution in [3.8, 4) is 0 Å². The number of aryl methyl sites for hydroxylation is 1. The van der Waals surface area contributed by atoms with E-state index in [9.17, 15) is 9.59 Å². The molecule has 6 nitrogen and oxygen atoms in total. The van der Waals surface area contributed by atoms with E-state index in [1.54, 1.807) is 24.3 Å². The average Bonchev–Trinajstić information content (AvgIpc) is 3.06. The number of benzene rings is 2. The van der Waals surface area contributed by atoms with Gasteiger partial charge < -0.3 is 20.3 Å². The fraction of sp³-hybridized carbons (Fsp3) is 0.360. The molecule has 1 aliphatic carbocycles. The largest absolute Gasteiger partial charge is 0.478 e. The van der Waals surface area contributed by atoms with Crippen molar-refractivity contribution in [1.29, 1.82) is 0 Å². The monoisotopic (exact) mass is 419 g/mol. The maximum absolute atomic E-state index is 13.4. The number of carbonyl (C=O) groups is 2. The van der Waals surface area contributed by atoms with E-state index < -0.39 is 5.97 Å². The van der Waals surface area contributed by atoms with Crippen LogP contribution < -0.4 is 10.6 Å². The van der Waals surface area contributed by atoms with Crippen molar-refractivity contribution in [2.24, 2.45) is 7.05 Å². The Bertz CT molecular complexity index is 1100. The summed E-state index contributed by atoms with van der Waals surface area (Å²) in [4.78, 5) is 24.5. The molecule has 162 valence electrons. The highest BCUT2D eigenvalue weighted by Gasteiger charge is 2.25. The van der Waals surface area contributed by atoms with E-state index in [-0.39, 0.29) is 17.5 Å². The van der Waals surface area contributed by atoms with E-state index in [0.29, 0.717) is 11.7 Å². The van der Waals surface area contributed by atoms with E-state index >= 15 is 0 Å². The Kier molecular flexibility index (Phi) is 5.98. The minimum Gasteiger partial charge on any atom is -0.478 e. The molecule has 1 fully saturated rings. The first-order valence-corrected chi connectivity index (χ1v) is 10.9. The number of carboxylic acids is 1. The lowest BCUT2D eigenvalue weighted by Crippen LogP contribution is -2.30. The molecule has 0 aliphatic heterocycles. The van der Waals surface area contributed by atoms with Crippen molar-refractivity contribution in [2.45, 2.75) is 51.1 Å². The lowest BCUT2D eigenvalue weighted by atomic mass is 9.95. The molecule has 0 radical (unpaired) electrons. The van der Waals surface area contributed by atoms with Crippen LogP contribution in [0.3, 0.4) is 0 Å². The van der Waals surface area contributed by atoms with Crippen LogP contribution in [-0.4, -0.2) is 27.6 Å². The summed E-state index contributed by atoms with van der Waals surface area (Å²) in [6.45, 7) is 1.91. The average molecular weight is 420 g/mol. The summed E-state index contributed by atoms with van der Waals surface area (Å²) in [5, 5.41) is 16.9. The van der Waals surface area contributed by atoms with Gasteiger partial charge in [-0.1, -0.05) is 49.6 Å². The molecular formula is C25H29N3O3. The van der Waals surface area contributed by atoms with Crippen LogP contribution in [0.15, 0.2) is 48.5 Å². The standard InChI is InChI=1S/C25H29N3O3/c1-16(17-12-14-18(15-13-17)25(30)31)26-24(29)23-22(27-19-8-4-3-5-9-19)20-10-6-7-11-21(20)28(23)2/h6-7,10-16,19,27H,3-5,8-9H2,1-2H3,(H,26,29)(H,30,31)/t16-/m0/s1. The lowest BCUT2D eigenvalue weighted by Gasteiger charge is -2.24. The second-order valence-corrected chi connectivity index (χ2v) is 8.40. The number of para-hydroxylation sites is 1. The Hall–Kier alpha value is -3.28. The van der Waals surface area contributed by atoms with Crippen molar-refractivity contribution >= 4 is 28.5 Å². The van der Waals surface area contributed by atoms with Crippen LogP contribution in [0, 0.1) is 0 Å². The number of aromatic carboxylic acids is 1. The molecule has 1 amide bonds. The molecule has 2 aromatic carbocycles. The summed E-state index contributed by atoms with van der Waals surface area (Å²) >= 11 is 0. The Morgan fingerprint density at radius 1 is 1.03 bits per heavy atom. The molecule has 4 rings (SSSR count). The van der Waals surface area contributed by atoms with Gasteiger partial charge in [0.2, 0.25) is 0 Å². The molecule has 1 aliphatic rings. The zero-order valence-corrected chi connectivity index (χ0v) is 18.0. The molecule has 1 saturated carbocycles. The van der Waals surface area contributed by atoms with Crippen molar-refractivity contribution in [1.82, 2.24) is 9.88 Å². The summed E-state index contributed by atoms with van der Waals surface area (Å²) in [5.74, 6) is -1.11. The second-order valence-electron chi connectivity index (χ2n) is 8.40. The lowest BCUT2D eigenvalue weighted by molar-refractivity contribution is 0.0696. The van der Waals surface area contributed by atoms with E-state index in [4.69, 9.17) is 5.11 Å². The zero-order chi connectivity index (χ0) is 22.0. The summed E-state index contributed by atoms with van der Waals surface area (Å²) in [6, 6.07) is 14.8. The third-order valence-electron chi connectivity index (χ3n) is 6.28. The Balaban J connectivity index is 1.62. The minimum atomic E-state index is -0.961. The maximum Gasteiger partial charge on any atom is 0.335 e. The number of nitrogens with one attached hydrogen (secondary N) is 2. The topological polar surface area (TPSA) is 83.4 Å². The van der Waals surface area contributed by atoms with Crippen LogP contribution in [0.4, 0.5) is 5.69 Å². The molecule has 1 aromatic heterocycles. The van der Waals surface area contributed by atoms with Gasteiger partial charge in [-0.05, 0) is 43.5 Å². The van der Waals surface area contributed by atoms with E-state index in [1.807, 2.05) is 36.7 Å². The Labute approximate surface area is 182 Å². The Morgan fingerprint density at radius 2 is 1.71 bits per heavy atom. The van der Waals surface area contributed by atoms with E-state index in [0.717, 1.165) is 35.0 Å². The van der Waals surface area contributed by atoms with Crippen LogP contribution in [0.25, 0.3) is 10.9 Å². The van der Waals surface area contributed by atoms with Crippen molar-refractivity contribution in [3.63, 3.8) is 0 Å². The van der Waals surface area contributed by atoms with Gasteiger partial charge in [0.15, 0.2) is 0 Å². The second kappa shape index (κ2) is 8.84. The first-order valence-electron chi connectivity index (χ1n) is 10.9. The molecule has 3 N–H and O–H groups in total. The number of rotatable bonds is 6.